The third-order valence-electron chi connectivity index (χ3n) is 4.91. The van der Waals surface area contributed by atoms with Gasteiger partial charge in [0.05, 0.1) is 12.2 Å². The number of benzene rings is 1. The van der Waals surface area contributed by atoms with Gasteiger partial charge in [0.2, 0.25) is 0 Å². The molecule has 6 heteroatoms. The number of hydrogen-bond acceptors (Lipinski definition) is 2. The summed E-state index contributed by atoms with van der Waals surface area (Å²) in [5, 5.41) is 4.90. The Morgan fingerprint density at radius 2 is 2.21 bits per heavy atom. The van der Waals surface area contributed by atoms with E-state index in [1.807, 2.05) is 11.3 Å². The molecule has 0 saturated heterocycles. The molecule has 2 aromatic rings. The molecule has 2 atom stereocenters. The minimum Gasteiger partial charge on any atom is -0.320 e. The third kappa shape index (κ3) is 3.27. The molecule has 2 aliphatic rings. The molecule has 1 aromatic carbocycles. The van der Waals surface area contributed by atoms with Crippen LogP contribution in [0, 0.1) is 11.7 Å². The van der Waals surface area contributed by atoms with E-state index in [2.05, 4.69) is 32.7 Å². The van der Waals surface area contributed by atoms with E-state index in [4.69, 9.17) is 0 Å². The van der Waals surface area contributed by atoms with Crippen molar-refractivity contribution in [2.24, 2.45) is 5.92 Å². The second-order valence-corrected chi connectivity index (χ2v) is 8.54. The van der Waals surface area contributed by atoms with E-state index in [0.717, 1.165) is 13.0 Å². The van der Waals surface area contributed by atoms with Crippen LogP contribution in [0.4, 0.5) is 10.1 Å². The largest absolute Gasteiger partial charge is 0.320 e. The van der Waals surface area contributed by atoms with E-state index in [1.54, 1.807) is 12.1 Å². The zero-order chi connectivity index (χ0) is 16.7. The Hall–Kier alpha value is -1.24. The van der Waals surface area contributed by atoms with Gasteiger partial charge in [-0.15, -0.1) is 11.3 Å². The molecule has 4 rings (SSSR count). The van der Waals surface area contributed by atoms with Crippen LogP contribution in [0.2, 0.25) is 0 Å². The standard InChI is InChI=1S/C18H18BrFN2OS/c19-12-3-4-15(14(20)9-12)21-17(23)10-22-7-5-16-13(6-8-24-16)18(22)11-1-2-11/h3-4,6,8-9,11,18H,1-2,5,7,10H2,(H,21,23)/p+1/t18-/m1/s1. The van der Waals surface area contributed by atoms with Gasteiger partial charge >= 0.3 is 0 Å². The number of carbonyl (C=O) groups is 1. The fraction of sp³-hybridized carbons (Fsp3) is 0.389. The summed E-state index contributed by atoms with van der Waals surface area (Å²) in [6.45, 7) is 1.37. The van der Waals surface area contributed by atoms with Crippen LogP contribution in [0.5, 0.6) is 0 Å². The molecule has 2 heterocycles. The van der Waals surface area contributed by atoms with Crippen LogP contribution in [-0.4, -0.2) is 19.0 Å². The Balaban J connectivity index is 1.47. The Morgan fingerprint density at radius 1 is 1.38 bits per heavy atom. The average molecular weight is 410 g/mol. The highest BCUT2D eigenvalue weighted by molar-refractivity contribution is 9.10. The number of hydrogen-bond donors (Lipinski definition) is 2. The fourth-order valence-electron chi connectivity index (χ4n) is 3.69. The molecule has 0 spiro atoms. The minimum atomic E-state index is -0.412. The van der Waals surface area contributed by atoms with E-state index in [9.17, 15) is 9.18 Å². The van der Waals surface area contributed by atoms with Crippen molar-refractivity contribution in [2.45, 2.75) is 25.3 Å². The van der Waals surface area contributed by atoms with E-state index >= 15 is 0 Å². The summed E-state index contributed by atoms with van der Waals surface area (Å²) in [6, 6.07) is 7.36. The van der Waals surface area contributed by atoms with Gasteiger partial charge in [-0.1, -0.05) is 15.9 Å². The van der Waals surface area contributed by atoms with E-state index in [-0.39, 0.29) is 11.6 Å². The summed E-state index contributed by atoms with van der Waals surface area (Å²) in [4.78, 5) is 15.2. The Bertz CT molecular complexity index is 774. The molecule has 1 amide bonds. The van der Waals surface area contributed by atoms with Crippen LogP contribution in [-0.2, 0) is 11.2 Å². The third-order valence-corrected chi connectivity index (χ3v) is 6.40. The van der Waals surface area contributed by atoms with Crippen molar-refractivity contribution in [3.05, 3.63) is 50.4 Å². The highest BCUT2D eigenvalue weighted by Gasteiger charge is 2.43. The van der Waals surface area contributed by atoms with Crippen molar-refractivity contribution in [1.82, 2.24) is 0 Å². The van der Waals surface area contributed by atoms with Crippen molar-refractivity contribution < 1.29 is 14.1 Å². The van der Waals surface area contributed by atoms with Crippen molar-refractivity contribution in [3.63, 3.8) is 0 Å². The lowest BCUT2D eigenvalue weighted by Crippen LogP contribution is -3.14. The average Bonchev–Trinajstić information content (AvgIpc) is 3.26. The van der Waals surface area contributed by atoms with E-state index < -0.39 is 5.82 Å². The molecule has 3 nitrogen and oxygen atoms in total. The maximum atomic E-state index is 13.9. The minimum absolute atomic E-state index is 0.115. The maximum Gasteiger partial charge on any atom is 0.279 e. The van der Waals surface area contributed by atoms with E-state index in [0.29, 0.717) is 23.0 Å². The second kappa shape index (κ2) is 6.58. The SMILES string of the molecule is O=C(C[NH+]1CCc2sccc2[C@H]1C1CC1)Nc1ccc(Br)cc1F. The van der Waals surface area contributed by atoms with Crippen LogP contribution in [0.1, 0.15) is 29.3 Å². The number of fused-ring (bicyclic) bond motifs is 1. The molecule has 1 unspecified atom stereocenters. The van der Waals surface area contributed by atoms with Crippen LogP contribution in [0.15, 0.2) is 34.1 Å². The van der Waals surface area contributed by atoms with Crippen LogP contribution in [0.3, 0.4) is 0 Å². The zero-order valence-electron chi connectivity index (χ0n) is 13.1. The van der Waals surface area contributed by atoms with Gasteiger partial charge in [-0.2, -0.15) is 0 Å². The summed E-state index contributed by atoms with van der Waals surface area (Å²) in [6.07, 6.45) is 3.55. The highest BCUT2D eigenvalue weighted by Crippen LogP contribution is 2.42. The first-order valence-corrected chi connectivity index (χ1v) is 9.95. The van der Waals surface area contributed by atoms with Crippen LogP contribution >= 0.6 is 27.3 Å². The normalized spacial score (nSPS) is 22.9. The molecule has 126 valence electrons. The monoisotopic (exact) mass is 409 g/mol. The smallest absolute Gasteiger partial charge is 0.279 e. The van der Waals surface area contributed by atoms with Gasteiger partial charge in [0.15, 0.2) is 6.54 Å². The Kier molecular flexibility index (Phi) is 4.45. The predicted molar refractivity (Wildman–Crippen MR) is 96.9 cm³/mol. The second-order valence-electron chi connectivity index (χ2n) is 6.62. The molecule has 0 radical (unpaired) electrons. The first kappa shape index (κ1) is 16.2. The molecule has 1 aromatic heterocycles. The van der Waals surface area contributed by atoms with E-state index in [1.165, 1.54) is 34.2 Å². The number of amides is 1. The van der Waals surface area contributed by atoms with Gasteiger partial charge in [-0.3, -0.25) is 4.79 Å². The van der Waals surface area contributed by atoms with Gasteiger partial charge in [0, 0.05) is 27.3 Å². The summed E-state index contributed by atoms with van der Waals surface area (Å²) < 4.78 is 14.6. The molecule has 1 aliphatic heterocycles. The predicted octanol–water partition coefficient (Wildman–Crippen LogP) is 3.18. The Morgan fingerprint density at radius 3 is 2.96 bits per heavy atom. The molecule has 1 saturated carbocycles. The first-order chi connectivity index (χ1) is 11.6. The highest BCUT2D eigenvalue weighted by atomic mass is 79.9. The number of carbonyl (C=O) groups excluding carboxylic acids is 1. The number of anilines is 1. The Labute approximate surface area is 153 Å². The van der Waals surface area contributed by atoms with Crippen LogP contribution < -0.4 is 10.2 Å². The summed E-state index contributed by atoms with van der Waals surface area (Å²) in [5.74, 6) is 0.173. The number of thiophene rings is 1. The first-order valence-electron chi connectivity index (χ1n) is 8.27. The number of nitrogens with one attached hydrogen (secondary N) is 2. The van der Waals surface area contributed by atoms with Gasteiger partial charge in [-0.05, 0) is 42.5 Å². The zero-order valence-corrected chi connectivity index (χ0v) is 15.6. The molecular weight excluding hydrogens is 391 g/mol. The quantitative estimate of drug-likeness (QED) is 0.798. The number of quaternary nitrogens is 1. The van der Waals surface area contributed by atoms with Crippen LogP contribution in [0.25, 0.3) is 0 Å². The van der Waals surface area contributed by atoms with Gasteiger partial charge in [-0.25, -0.2) is 4.39 Å². The van der Waals surface area contributed by atoms with Gasteiger partial charge in [0.1, 0.15) is 11.9 Å². The summed E-state index contributed by atoms with van der Waals surface area (Å²) in [7, 11) is 0. The number of halogens is 2. The molecule has 2 N–H and O–H groups in total. The lowest BCUT2D eigenvalue weighted by Gasteiger charge is -2.32. The molecule has 0 bridgehead atoms. The topological polar surface area (TPSA) is 33.5 Å². The fourth-order valence-corrected chi connectivity index (χ4v) is 4.95. The lowest BCUT2D eigenvalue weighted by molar-refractivity contribution is -0.928. The van der Waals surface area contributed by atoms with Gasteiger partial charge < -0.3 is 10.2 Å². The van der Waals surface area contributed by atoms with Crippen molar-refractivity contribution >= 4 is 38.9 Å². The number of rotatable bonds is 4. The van der Waals surface area contributed by atoms with Crippen molar-refractivity contribution in [1.29, 1.82) is 0 Å². The molecular formula is C18H19BrFN2OS+. The summed E-state index contributed by atoms with van der Waals surface area (Å²) >= 11 is 5.06. The maximum absolute atomic E-state index is 13.9. The lowest BCUT2D eigenvalue weighted by atomic mass is 9.96. The summed E-state index contributed by atoms with van der Waals surface area (Å²) in [5.41, 5.74) is 1.69. The molecule has 1 aliphatic carbocycles. The van der Waals surface area contributed by atoms with Crippen molar-refractivity contribution in [2.75, 3.05) is 18.4 Å². The molecule has 24 heavy (non-hydrogen) atoms. The molecule has 1 fully saturated rings. The van der Waals surface area contributed by atoms with Crippen molar-refractivity contribution in [3.8, 4) is 0 Å². The van der Waals surface area contributed by atoms with Gasteiger partial charge in [0.25, 0.3) is 5.91 Å².